The minimum atomic E-state index is -0.504. The Bertz CT molecular complexity index is 754. The van der Waals surface area contributed by atoms with Crippen molar-refractivity contribution in [1.29, 1.82) is 0 Å². The zero-order chi connectivity index (χ0) is 16.2. The van der Waals surface area contributed by atoms with Gasteiger partial charge in [-0.25, -0.2) is 0 Å². The molecule has 0 spiro atoms. The molecule has 2 unspecified atom stereocenters. The molecule has 0 aliphatic rings. The second-order valence-corrected chi connectivity index (χ2v) is 6.27. The molecule has 3 aromatic rings. The van der Waals surface area contributed by atoms with Gasteiger partial charge in [0.25, 0.3) is 0 Å². The van der Waals surface area contributed by atoms with Crippen molar-refractivity contribution in [3.63, 3.8) is 0 Å². The van der Waals surface area contributed by atoms with Gasteiger partial charge in [0.15, 0.2) is 0 Å². The number of nitrogens with one attached hydrogen (secondary N) is 1. The summed E-state index contributed by atoms with van der Waals surface area (Å²) in [6.07, 6.45) is 1.57. The number of halogens is 1. The molecular formula is C20H25ClN2O. The van der Waals surface area contributed by atoms with Crippen LogP contribution in [0.2, 0.25) is 0 Å². The van der Waals surface area contributed by atoms with Gasteiger partial charge in [-0.05, 0) is 23.1 Å². The van der Waals surface area contributed by atoms with Crippen molar-refractivity contribution in [2.24, 2.45) is 0 Å². The number of aromatic nitrogens is 1. The number of aliphatic hydroxyl groups excluding tert-OH is 1. The molecule has 0 aliphatic carbocycles. The summed E-state index contributed by atoms with van der Waals surface area (Å²) in [7, 11) is 0. The third-order valence-corrected chi connectivity index (χ3v) is 4.17. The summed E-state index contributed by atoms with van der Waals surface area (Å²) in [6.45, 7) is 4.74. The van der Waals surface area contributed by atoms with Crippen molar-refractivity contribution in [2.75, 3.05) is 6.54 Å². The quantitative estimate of drug-likeness (QED) is 0.709. The van der Waals surface area contributed by atoms with Gasteiger partial charge in [-0.2, -0.15) is 0 Å². The molecule has 24 heavy (non-hydrogen) atoms. The van der Waals surface area contributed by atoms with E-state index in [9.17, 15) is 5.11 Å². The summed E-state index contributed by atoms with van der Waals surface area (Å²) in [6, 6.07) is 20.9. The van der Waals surface area contributed by atoms with Gasteiger partial charge in [-0.3, -0.25) is 0 Å². The fraction of sp³-hybridized carbons (Fsp3) is 0.300. The Hall–Kier alpha value is -1.81. The van der Waals surface area contributed by atoms with Gasteiger partial charge < -0.3 is 15.0 Å². The van der Waals surface area contributed by atoms with Crippen molar-refractivity contribution in [3.8, 4) is 0 Å². The van der Waals surface area contributed by atoms with E-state index < -0.39 is 6.10 Å². The van der Waals surface area contributed by atoms with E-state index in [0.29, 0.717) is 12.6 Å². The van der Waals surface area contributed by atoms with Crippen LogP contribution in [0.3, 0.4) is 0 Å². The van der Waals surface area contributed by atoms with Gasteiger partial charge in [-0.15, -0.1) is 12.4 Å². The Morgan fingerprint density at radius 3 is 2.33 bits per heavy atom. The number of rotatable bonds is 6. The number of aliphatic hydroxyl groups is 1. The van der Waals surface area contributed by atoms with Gasteiger partial charge in [0.1, 0.15) is 0 Å². The maximum absolute atomic E-state index is 10.9. The zero-order valence-corrected chi connectivity index (χ0v) is 14.9. The van der Waals surface area contributed by atoms with E-state index in [-0.39, 0.29) is 18.4 Å². The lowest BCUT2D eigenvalue weighted by Crippen LogP contribution is -2.37. The molecule has 1 aromatic heterocycles. The highest BCUT2D eigenvalue weighted by Crippen LogP contribution is 2.27. The molecule has 128 valence electrons. The molecule has 0 aliphatic heterocycles. The second kappa shape index (κ2) is 8.34. The first-order valence-corrected chi connectivity index (χ1v) is 8.19. The van der Waals surface area contributed by atoms with Crippen LogP contribution in [0.15, 0.2) is 66.9 Å². The molecule has 0 amide bonds. The fourth-order valence-corrected chi connectivity index (χ4v) is 3.03. The lowest BCUT2D eigenvalue weighted by atomic mass is 10.0. The molecule has 0 fully saturated rings. The maximum Gasteiger partial charge on any atom is 0.0912 e. The third kappa shape index (κ3) is 3.99. The first-order chi connectivity index (χ1) is 11.2. The molecule has 0 saturated heterocycles. The van der Waals surface area contributed by atoms with Gasteiger partial charge in [0, 0.05) is 24.3 Å². The summed E-state index contributed by atoms with van der Waals surface area (Å²) < 4.78 is 2.18. The third-order valence-electron chi connectivity index (χ3n) is 4.17. The molecular weight excluding hydrogens is 320 g/mol. The van der Waals surface area contributed by atoms with Crippen molar-refractivity contribution in [2.45, 2.75) is 32.0 Å². The Morgan fingerprint density at radius 2 is 1.62 bits per heavy atom. The zero-order valence-electron chi connectivity index (χ0n) is 14.1. The first-order valence-electron chi connectivity index (χ1n) is 8.19. The van der Waals surface area contributed by atoms with Crippen LogP contribution in [-0.4, -0.2) is 28.4 Å². The lowest BCUT2D eigenvalue weighted by Gasteiger charge is -2.27. The largest absolute Gasteiger partial charge is 0.389 e. The van der Waals surface area contributed by atoms with Crippen LogP contribution in [0.5, 0.6) is 0 Å². The van der Waals surface area contributed by atoms with Gasteiger partial charge in [-0.1, -0.05) is 62.4 Å². The van der Waals surface area contributed by atoms with Crippen LogP contribution < -0.4 is 5.32 Å². The van der Waals surface area contributed by atoms with Gasteiger partial charge in [0.2, 0.25) is 0 Å². The number of hydrogen-bond donors (Lipinski definition) is 2. The molecule has 3 nitrogen and oxygen atoms in total. The van der Waals surface area contributed by atoms with Crippen molar-refractivity contribution < 1.29 is 5.11 Å². The molecule has 0 saturated carbocycles. The van der Waals surface area contributed by atoms with E-state index in [1.54, 1.807) is 0 Å². The predicted molar refractivity (Wildman–Crippen MR) is 103 cm³/mol. The maximum atomic E-state index is 10.9. The van der Waals surface area contributed by atoms with E-state index in [1.807, 2.05) is 30.3 Å². The number of benzene rings is 2. The minimum absolute atomic E-state index is 0. The van der Waals surface area contributed by atoms with E-state index >= 15 is 0 Å². The number of fused-ring (bicyclic) bond motifs is 1. The van der Waals surface area contributed by atoms with Gasteiger partial charge in [0.05, 0.1) is 12.1 Å². The Kier molecular flexibility index (Phi) is 6.44. The second-order valence-electron chi connectivity index (χ2n) is 6.27. The average molecular weight is 345 g/mol. The predicted octanol–water partition coefficient (Wildman–Crippen LogP) is 4.01. The Labute approximate surface area is 149 Å². The van der Waals surface area contributed by atoms with Crippen molar-refractivity contribution >= 4 is 23.3 Å². The molecule has 4 heteroatoms. The van der Waals surface area contributed by atoms with Crippen LogP contribution in [-0.2, 0) is 0 Å². The minimum Gasteiger partial charge on any atom is -0.389 e. The summed E-state index contributed by atoms with van der Waals surface area (Å²) in [5.41, 5.74) is 2.26. The highest BCUT2D eigenvalue weighted by molar-refractivity contribution is 5.85. The molecule has 2 atom stereocenters. The van der Waals surface area contributed by atoms with Crippen LogP contribution in [0.25, 0.3) is 10.9 Å². The lowest BCUT2D eigenvalue weighted by molar-refractivity contribution is 0.127. The van der Waals surface area contributed by atoms with Crippen LogP contribution in [0.1, 0.15) is 25.5 Å². The summed E-state index contributed by atoms with van der Waals surface area (Å²) in [5.74, 6) is 0. The summed E-state index contributed by atoms with van der Waals surface area (Å²) in [4.78, 5) is 0. The highest BCUT2D eigenvalue weighted by atomic mass is 35.5. The number of para-hydroxylation sites is 1. The van der Waals surface area contributed by atoms with Crippen LogP contribution >= 0.6 is 12.4 Å². The smallest absolute Gasteiger partial charge is 0.0912 e. The molecule has 2 aromatic carbocycles. The SMILES string of the molecule is CC(C)NCC(O)C(c1ccccc1)n1ccc2ccccc21.Cl. The molecule has 3 rings (SSSR count). The van der Waals surface area contributed by atoms with E-state index in [2.05, 4.69) is 60.3 Å². The van der Waals surface area contributed by atoms with E-state index in [4.69, 9.17) is 0 Å². The van der Waals surface area contributed by atoms with E-state index in [1.165, 1.54) is 5.39 Å². The number of hydrogen-bond acceptors (Lipinski definition) is 2. The fourth-order valence-electron chi connectivity index (χ4n) is 3.03. The van der Waals surface area contributed by atoms with Gasteiger partial charge >= 0.3 is 0 Å². The Balaban J connectivity index is 0.00000208. The molecule has 1 heterocycles. The normalized spacial score (nSPS) is 13.7. The molecule has 0 radical (unpaired) electrons. The van der Waals surface area contributed by atoms with E-state index in [0.717, 1.165) is 11.1 Å². The highest BCUT2D eigenvalue weighted by Gasteiger charge is 2.23. The van der Waals surface area contributed by atoms with Crippen LogP contribution in [0, 0.1) is 0 Å². The molecule has 0 bridgehead atoms. The van der Waals surface area contributed by atoms with Crippen molar-refractivity contribution in [3.05, 3.63) is 72.4 Å². The monoisotopic (exact) mass is 344 g/mol. The standard InChI is InChI=1S/C20H24N2O.ClH/c1-15(2)21-14-19(23)20(17-9-4-3-5-10-17)22-13-12-16-8-6-7-11-18(16)22;/h3-13,15,19-21,23H,14H2,1-2H3;1H. The van der Waals surface area contributed by atoms with Crippen LogP contribution in [0.4, 0.5) is 0 Å². The topological polar surface area (TPSA) is 37.2 Å². The van der Waals surface area contributed by atoms with Crippen molar-refractivity contribution in [1.82, 2.24) is 9.88 Å². The molecule has 2 N–H and O–H groups in total. The first kappa shape index (κ1) is 18.5. The summed E-state index contributed by atoms with van der Waals surface area (Å²) in [5, 5.41) is 15.4. The number of nitrogens with zero attached hydrogens (tertiary/aromatic N) is 1. The Morgan fingerprint density at radius 1 is 0.958 bits per heavy atom. The summed E-state index contributed by atoms with van der Waals surface area (Å²) >= 11 is 0. The average Bonchev–Trinajstić information content (AvgIpc) is 2.98.